The van der Waals surface area contributed by atoms with Crippen LogP contribution in [0, 0.1) is 5.82 Å². The van der Waals surface area contributed by atoms with Crippen LogP contribution in [0.5, 0.6) is 0 Å². The third kappa shape index (κ3) is 1.20. The summed E-state index contributed by atoms with van der Waals surface area (Å²) in [5.41, 5.74) is 1.45. The van der Waals surface area contributed by atoms with Gasteiger partial charge in [0.05, 0.1) is 0 Å². The first-order valence-electron chi connectivity index (χ1n) is 4.31. The monoisotopic (exact) mass is 178 g/mol. The van der Waals surface area contributed by atoms with E-state index >= 15 is 0 Å². The van der Waals surface area contributed by atoms with E-state index in [4.69, 9.17) is 0 Å². The van der Waals surface area contributed by atoms with Crippen molar-refractivity contribution >= 4 is 5.65 Å². The third-order valence-corrected chi connectivity index (χ3v) is 2.11. The Labute approximate surface area is 76.0 Å². The van der Waals surface area contributed by atoms with Crippen LogP contribution in [0.25, 0.3) is 5.65 Å². The van der Waals surface area contributed by atoms with E-state index in [0.29, 0.717) is 11.6 Å². The molecule has 0 saturated carbocycles. The molecule has 13 heavy (non-hydrogen) atoms. The maximum absolute atomic E-state index is 13.2. The fourth-order valence-electron chi connectivity index (χ4n) is 1.42. The van der Waals surface area contributed by atoms with Crippen LogP contribution in [0.3, 0.4) is 0 Å². The van der Waals surface area contributed by atoms with Gasteiger partial charge in [0.15, 0.2) is 11.5 Å². The van der Waals surface area contributed by atoms with Gasteiger partial charge in [-0.3, -0.25) is 0 Å². The number of halogens is 1. The summed E-state index contributed by atoms with van der Waals surface area (Å²) in [7, 11) is 0. The predicted octanol–water partition coefficient (Wildman–Crippen LogP) is 2.60. The summed E-state index contributed by atoms with van der Waals surface area (Å²) in [6.45, 7) is 4.13. The minimum absolute atomic E-state index is 0.269. The molecule has 2 heterocycles. The lowest BCUT2D eigenvalue weighted by molar-refractivity contribution is 0.628. The minimum atomic E-state index is -0.269. The van der Waals surface area contributed by atoms with Crippen LogP contribution in [-0.4, -0.2) is 9.38 Å². The second-order valence-electron chi connectivity index (χ2n) is 3.39. The van der Waals surface area contributed by atoms with E-state index in [1.54, 1.807) is 16.7 Å². The largest absolute Gasteiger partial charge is 0.301 e. The van der Waals surface area contributed by atoms with E-state index in [0.717, 1.165) is 5.69 Å². The molecule has 0 aliphatic carbocycles. The van der Waals surface area contributed by atoms with Crippen LogP contribution in [0.1, 0.15) is 25.5 Å². The third-order valence-electron chi connectivity index (χ3n) is 2.11. The molecule has 0 atom stereocenters. The highest BCUT2D eigenvalue weighted by molar-refractivity contribution is 5.42. The van der Waals surface area contributed by atoms with Crippen LogP contribution in [-0.2, 0) is 0 Å². The number of imidazole rings is 1. The predicted molar refractivity (Wildman–Crippen MR) is 49.2 cm³/mol. The summed E-state index contributed by atoms with van der Waals surface area (Å²) < 4.78 is 15.0. The van der Waals surface area contributed by atoms with Crippen molar-refractivity contribution in [2.24, 2.45) is 0 Å². The van der Waals surface area contributed by atoms with Gasteiger partial charge in [-0.15, -0.1) is 0 Å². The van der Waals surface area contributed by atoms with Gasteiger partial charge in [0.25, 0.3) is 0 Å². The first-order chi connectivity index (χ1) is 6.20. The fraction of sp³-hybridized carbons (Fsp3) is 0.300. The van der Waals surface area contributed by atoms with E-state index in [1.165, 1.54) is 6.07 Å². The molecule has 2 rings (SSSR count). The Morgan fingerprint density at radius 1 is 1.46 bits per heavy atom. The summed E-state index contributed by atoms with van der Waals surface area (Å²) in [5, 5.41) is 0. The molecule has 0 aliphatic heterocycles. The molecule has 2 aromatic rings. The maximum atomic E-state index is 13.2. The molecule has 0 aliphatic rings. The van der Waals surface area contributed by atoms with Gasteiger partial charge < -0.3 is 4.40 Å². The molecule has 0 unspecified atom stereocenters. The normalized spacial score (nSPS) is 11.4. The standard InChI is InChI=1S/C10H11FN2/c1-7(2)9-6-12-10-8(11)4-3-5-13(9)10/h3-7H,1-2H3. The molecular weight excluding hydrogens is 167 g/mol. The first-order valence-corrected chi connectivity index (χ1v) is 4.31. The van der Waals surface area contributed by atoms with Crippen molar-refractivity contribution in [2.75, 3.05) is 0 Å². The molecule has 0 fully saturated rings. The second-order valence-corrected chi connectivity index (χ2v) is 3.39. The van der Waals surface area contributed by atoms with Gasteiger partial charge in [0.1, 0.15) is 0 Å². The fourth-order valence-corrected chi connectivity index (χ4v) is 1.42. The van der Waals surface area contributed by atoms with Gasteiger partial charge >= 0.3 is 0 Å². The summed E-state index contributed by atoms with van der Waals surface area (Å²) in [6, 6.07) is 3.11. The number of nitrogens with zero attached hydrogens (tertiary/aromatic N) is 2. The highest BCUT2D eigenvalue weighted by Gasteiger charge is 2.08. The number of rotatable bonds is 1. The van der Waals surface area contributed by atoms with Crippen molar-refractivity contribution in [3.05, 3.63) is 36.0 Å². The van der Waals surface area contributed by atoms with Gasteiger partial charge in [-0.2, -0.15) is 0 Å². The Hall–Kier alpha value is -1.38. The Morgan fingerprint density at radius 3 is 2.92 bits per heavy atom. The quantitative estimate of drug-likeness (QED) is 0.656. The van der Waals surface area contributed by atoms with Crippen molar-refractivity contribution < 1.29 is 4.39 Å². The highest BCUT2D eigenvalue weighted by Crippen LogP contribution is 2.17. The smallest absolute Gasteiger partial charge is 0.173 e. The van der Waals surface area contributed by atoms with Crippen LogP contribution < -0.4 is 0 Å². The van der Waals surface area contributed by atoms with Crippen LogP contribution >= 0.6 is 0 Å². The van der Waals surface area contributed by atoms with Crippen molar-refractivity contribution in [1.82, 2.24) is 9.38 Å². The number of pyridine rings is 1. The lowest BCUT2D eigenvalue weighted by Gasteiger charge is -2.03. The number of hydrogen-bond acceptors (Lipinski definition) is 1. The van der Waals surface area contributed by atoms with Crippen molar-refractivity contribution in [3.8, 4) is 0 Å². The molecule has 0 aromatic carbocycles. The highest BCUT2D eigenvalue weighted by atomic mass is 19.1. The minimum Gasteiger partial charge on any atom is -0.301 e. The lowest BCUT2D eigenvalue weighted by Crippen LogP contribution is -1.95. The molecule has 0 radical (unpaired) electrons. The van der Waals surface area contributed by atoms with Gasteiger partial charge in [0, 0.05) is 18.1 Å². The Kier molecular flexibility index (Phi) is 1.79. The zero-order valence-corrected chi connectivity index (χ0v) is 7.66. The molecule has 2 nitrogen and oxygen atoms in total. The summed E-state index contributed by atoms with van der Waals surface area (Å²) >= 11 is 0. The van der Waals surface area contributed by atoms with Crippen LogP contribution in [0.4, 0.5) is 4.39 Å². The van der Waals surface area contributed by atoms with Gasteiger partial charge in [-0.1, -0.05) is 13.8 Å². The Bertz CT molecular complexity index is 431. The zero-order valence-electron chi connectivity index (χ0n) is 7.66. The van der Waals surface area contributed by atoms with Gasteiger partial charge in [0.2, 0.25) is 0 Å². The summed E-state index contributed by atoms with van der Waals surface area (Å²) in [6.07, 6.45) is 3.56. The van der Waals surface area contributed by atoms with E-state index < -0.39 is 0 Å². The maximum Gasteiger partial charge on any atom is 0.173 e. The molecule has 2 aromatic heterocycles. The van der Waals surface area contributed by atoms with Crippen molar-refractivity contribution in [1.29, 1.82) is 0 Å². The van der Waals surface area contributed by atoms with Gasteiger partial charge in [-0.05, 0) is 18.1 Å². The Balaban J connectivity index is 2.75. The van der Waals surface area contributed by atoms with Crippen LogP contribution in [0.15, 0.2) is 24.5 Å². The van der Waals surface area contributed by atoms with E-state index in [1.807, 2.05) is 6.20 Å². The van der Waals surface area contributed by atoms with Gasteiger partial charge in [-0.25, -0.2) is 9.37 Å². The zero-order chi connectivity index (χ0) is 9.42. The second kappa shape index (κ2) is 2.83. The average molecular weight is 178 g/mol. The molecule has 0 N–H and O–H groups in total. The molecule has 0 bridgehead atoms. The van der Waals surface area contributed by atoms with Crippen molar-refractivity contribution in [2.45, 2.75) is 19.8 Å². The Morgan fingerprint density at radius 2 is 2.23 bits per heavy atom. The molecule has 3 heteroatoms. The SMILES string of the molecule is CC(C)c1cnc2c(F)cccn12. The molecule has 0 amide bonds. The average Bonchev–Trinajstić information content (AvgIpc) is 2.48. The lowest BCUT2D eigenvalue weighted by atomic mass is 10.1. The molecular formula is C10H11FN2. The van der Waals surface area contributed by atoms with E-state index in [-0.39, 0.29) is 5.82 Å². The van der Waals surface area contributed by atoms with Crippen LogP contribution in [0.2, 0.25) is 0 Å². The molecule has 0 spiro atoms. The number of aromatic nitrogens is 2. The van der Waals surface area contributed by atoms with E-state index in [2.05, 4.69) is 18.8 Å². The number of hydrogen-bond donors (Lipinski definition) is 0. The summed E-state index contributed by atoms with van der Waals surface area (Å²) in [5.74, 6) is 0.0891. The molecule has 68 valence electrons. The van der Waals surface area contributed by atoms with E-state index in [9.17, 15) is 4.39 Å². The topological polar surface area (TPSA) is 17.3 Å². The summed E-state index contributed by atoms with van der Waals surface area (Å²) in [4.78, 5) is 4.03. The molecule has 0 saturated heterocycles. The number of fused-ring (bicyclic) bond motifs is 1. The first kappa shape index (κ1) is 8.23. The van der Waals surface area contributed by atoms with Crippen molar-refractivity contribution in [3.63, 3.8) is 0 Å².